The number of para-hydroxylation sites is 1. The number of hydrogen-bond acceptors (Lipinski definition) is 6. The number of halogens is 1. The van der Waals surface area contributed by atoms with Gasteiger partial charge >= 0.3 is 0 Å². The van der Waals surface area contributed by atoms with Gasteiger partial charge in [-0.3, -0.25) is 19.2 Å². The molecule has 0 radical (unpaired) electrons. The van der Waals surface area contributed by atoms with Crippen molar-refractivity contribution in [3.05, 3.63) is 69.7 Å². The molecule has 3 rings (SSSR count). The largest absolute Gasteiger partial charge is 0.298 e. The quantitative estimate of drug-likeness (QED) is 0.547. The third-order valence-corrected chi connectivity index (χ3v) is 7.58. The summed E-state index contributed by atoms with van der Waals surface area (Å²) in [7, 11) is -2.48. The van der Waals surface area contributed by atoms with Crippen LogP contribution in [0.2, 0.25) is 5.02 Å². The van der Waals surface area contributed by atoms with E-state index in [0.717, 1.165) is 15.6 Å². The highest BCUT2D eigenvalue weighted by molar-refractivity contribution is 7.92. The fourth-order valence-corrected chi connectivity index (χ4v) is 5.00. The first kappa shape index (κ1) is 21.9. The number of benzene rings is 2. The molecule has 1 aromatic heterocycles. The van der Waals surface area contributed by atoms with Crippen molar-refractivity contribution >= 4 is 55.5 Å². The topological polar surface area (TPSA) is 96.4 Å². The Morgan fingerprint density at radius 3 is 2.40 bits per heavy atom. The van der Waals surface area contributed by atoms with Crippen LogP contribution in [-0.4, -0.2) is 32.1 Å². The van der Waals surface area contributed by atoms with Gasteiger partial charge in [-0.15, -0.1) is 0 Å². The molecule has 0 aliphatic heterocycles. The Morgan fingerprint density at radius 1 is 1.13 bits per heavy atom. The second kappa shape index (κ2) is 8.55. The van der Waals surface area contributed by atoms with E-state index in [-0.39, 0.29) is 26.4 Å². The van der Waals surface area contributed by atoms with Gasteiger partial charge in [0, 0.05) is 14.0 Å². The number of anilines is 2. The van der Waals surface area contributed by atoms with Crippen molar-refractivity contribution in [2.24, 2.45) is 0 Å². The predicted octanol–water partition coefficient (Wildman–Crippen LogP) is 4.38. The summed E-state index contributed by atoms with van der Waals surface area (Å²) in [5, 5.41) is 2.90. The average molecular weight is 464 g/mol. The molecule has 10 heteroatoms. The lowest BCUT2D eigenvalue weighted by Gasteiger charge is -2.20. The second-order valence-corrected chi connectivity index (χ2v) is 9.77. The first-order chi connectivity index (χ1) is 14.1. The zero-order chi connectivity index (χ0) is 22.1. The Morgan fingerprint density at radius 2 is 1.80 bits per heavy atom. The Bertz CT molecular complexity index is 1220. The van der Waals surface area contributed by atoms with Gasteiger partial charge in [0.05, 0.1) is 31.7 Å². The highest BCUT2D eigenvalue weighted by Crippen LogP contribution is 2.28. The molecule has 0 unspecified atom stereocenters. The number of Topliss-reactive ketones (excluding diaryl/α,β-unsaturated/α-hetero) is 1. The number of aromatic nitrogens is 1. The van der Waals surface area contributed by atoms with E-state index in [1.165, 1.54) is 32.2 Å². The molecule has 3 aromatic rings. The van der Waals surface area contributed by atoms with Gasteiger partial charge in [-0.1, -0.05) is 41.1 Å². The summed E-state index contributed by atoms with van der Waals surface area (Å²) < 4.78 is 27.1. The van der Waals surface area contributed by atoms with Crippen LogP contribution in [0.15, 0.2) is 53.4 Å². The first-order valence-corrected chi connectivity index (χ1v) is 11.4. The van der Waals surface area contributed by atoms with Gasteiger partial charge < -0.3 is 0 Å². The molecule has 1 amide bonds. The van der Waals surface area contributed by atoms with E-state index in [9.17, 15) is 18.0 Å². The summed E-state index contributed by atoms with van der Waals surface area (Å²) >= 11 is 7.20. The predicted molar refractivity (Wildman–Crippen MR) is 118 cm³/mol. The minimum Gasteiger partial charge on any atom is -0.298 e. The van der Waals surface area contributed by atoms with Crippen molar-refractivity contribution in [3.63, 3.8) is 0 Å². The lowest BCUT2D eigenvalue weighted by molar-refractivity contribution is 0.101. The number of nitrogens with one attached hydrogen (secondary N) is 1. The zero-order valence-corrected chi connectivity index (χ0v) is 18.7. The Hall–Kier alpha value is -2.75. The van der Waals surface area contributed by atoms with Crippen LogP contribution in [0.4, 0.5) is 10.8 Å². The van der Waals surface area contributed by atoms with Gasteiger partial charge in [-0.05, 0) is 37.3 Å². The maximum absolute atomic E-state index is 13.0. The molecule has 0 bridgehead atoms. The molecule has 0 saturated heterocycles. The van der Waals surface area contributed by atoms with Gasteiger partial charge in [0.2, 0.25) is 0 Å². The molecule has 7 nitrogen and oxygen atoms in total. The standard InChI is InChI=1S/C20H18ClN3O4S2/c1-12-18(13(2)25)29-20(22-12)23-19(26)16-11-15(9-10-17(16)21)30(27,28)24(3)14-7-5-4-6-8-14/h4-11H,1-3H3,(H,22,23,26). The zero-order valence-electron chi connectivity index (χ0n) is 16.3. The van der Waals surface area contributed by atoms with Crippen molar-refractivity contribution in [3.8, 4) is 0 Å². The Kier molecular flexibility index (Phi) is 6.25. The normalized spacial score (nSPS) is 11.2. The van der Waals surface area contributed by atoms with Crippen molar-refractivity contribution < 1.29 is 18.0 Å². The molecule has 0 saturated carbocycles. The fraction of sp³-hybridized carbons (Fsp3) is 0.150. The van der Waals surface area contributed by atoms with Crippen molar-refractivity contribution in [1.29, 1.82) is 0 Å². The van der Waals surface area contributed by atoms with E-state index >= 15 is 0 Å². The lowest BCUT2D eigenvalue weighted by atomic mass is 10.2. The van der Waals surface area contributed by atoms with Crippen LogP contribution in [0.5, 0.6) is 0 Å². The molecule has 30 heavy (non-hydrogen) atoms. The molecule has 2 aromatic carbocycles. The van der Waals surface area contributed by atoms with Crippen LogP contribution in [0.25, 0.3) is 0 Å². The number of hydrogen-bond donors (Lipinski definition) is 1. The fourth-order valence-electron chi connectivity index (χ4n) is 2.71. The van der Waals surface area contributed by atoms with Crippen LogP contribution < -0.4 is 9.62 Å². The van der Waals surface area contributed by atoms with Gasteiger partial charge in [0.15, 0.2) is 10.9 Å². The number of nitrogens with zero attached hydrogens (tertiary/aromatic N) is 2. The minimum atomic E-state index is -3.91. The number of thiazole rings is 1. The van der Waals surface area contributed by atoms with Crippen LogP contribution in [0, 0.1) is 6.92 Å². The summed E-state index contributed by atoms with van der Waals surface area (Å²) in [6, 6.07) is 12.5. The Labute approximate surface area is 183 Å². The first-order valence-electron chi connectivity index (χ1n) is 8.74. The van der Waals surface area contributed by atoms with E-state index < -0.39 is 15.9 Å². The van der Waals surface area contributed by atoms with Crippen LogP contribution in [-0.2, 0) is 10.0 Å². The van der Waals surface area contributed by atoms with E-state index in [1.807, 2.05) is 0 Å². The summed E-state index contributed by atoms with van der Waals surface area (Å²) in [6.45, 7) is 3.09. The summed E-state index contributed by atoms with van der Waals surface area (Å²) in [5.41, 5.74) is 0.972. The van der Waals surface area contributed by atoms with Crippen molar-refractivity contribution in [1.82, 2.24) is 4.98 Å². The molecular weight excluding hydrogens is 446 g/mol. The van der Waals surface area contributed by atoms with Crippen LogP contribution >= 0.6 is 22.9 Å². The van der Waals surface area contributed by atoms with Crippen molar-refractivity contribution in [2.75, 3.05) is 16.7 Å². The molecule has 0 aliphatic carbocycles. The lowest BCUT2D eigenvalue weighted by Crippen LogP contribution is -2.27. The van der Waals surface area contributed by atoms with E-state index in [4.69, 9.17) is 11.6 Å². The van der Waals surface area contributed by atoms with E-state index in [2.05, 4.69) is 10.3 Å². The van der Waals surface area contributed by atoms with Gasteiger partial charge in [-0.25, -0.2) is 13.4 Å². The summed E-state index contributed by atoms with van der Waals surface area (Å²) in [5.74, 6) is -0.774. The molecular formula is C20H18ClN3O4S2. The maximum Gasteiger partial charge on any atom is 0.264 e. The smallest absolute Gasteiger partial charge is 0.264 e. The van der Waals surface area contributed by atoms with Crippen molar-refractivity contribution in [2.45, 2.75) is 18.7 Å². The van der Waals surface area contributed by atoms with E-state index in [0.29, 0.717) is 16.3 Å². The molecule has 1 N–H and O–H groups in total. The minimum absolute atomic E-state index is 0.0172. The number of ketones is 1. The van der Waals surface area contributed by atoms with E-state index in [1.54, 1.807) is 37.3 Å². The number of rotatable bonds is 6. The number of carbonyl (C=O) groups excluding carboxylic acids is 2. The van der Waals surface area contributed by atoms with Gasteiger partial charge in [0.1, 0.15) is 0 Å². The molecule has 0 atom stereocenters. The number of aryl methyl sites for hydroxylation is 1. The van der Waals surface area contributed by atoms with Crippen LogP contribution in [0.3, 0.4) is 0 Å². The number of amides is 1. The maximum atomic E-state index is 13.0. The molecule has 1 heterocycles. The summed E-state index contributed by atoms with van der Waals surface area (Å²) in [6.07, 6.45) is 0. The third-order valence-electron chi connectivity index (χ3n) is 4.30. The van der Waals surface area contributed by atoms with Crippen LogP contribution in [0.1, 0.15) is 32.6 Å². The number of carbonyl (C=O) groups is 2. The molecule has 0 fully saturated rings. The summed E-state index contributed by atoms with van der Waals surface area (Å²) in [4.78, 5) is 28.8. The Balaban J connectivity index is 1.92. The number of sulfonamides is 1. The molecule has 156 valence electrons. The highest BCUT2D eigenvalue weighted by Gasteiger charge is 2.24. The highest BCUT2D eigenvalue weighted by atomic mass is 35.5. The molecule has 0 spiro atoms. The third kappa shape index (κ3) is 4.38. The SMILES string of the molecule is CC(=O)c1sc(NC(=O)c2cc(S(=O)(=O)N(C)c3ccccc3)ccc2Cl)nc1C. The molecule has 0 aliphatic rings. The van der Waals surface area contributed by atoms with Gasteiger partial charge in [-0.2, -0.15) is 0 Å². The van der Waals surface area contributed by atoms with Gasteiger partial charge in [0.25, 0.3) is 15.9 Å². The monoisotopic (exact) mass is 463 g/mol. The average Bonchev–Trinajstić information content (AvgIpc) is 3.08. The second-order valence-electron chi connectivity index (χ2n) is 6.39.